The number of likely N-dealkylation sites (tertiary alicyclic amines) is 1. The number of methoxy groups -OCH3 is 2. The van der Waals surface area contributed by atoms with Gasteiger partial charge in [-0.2, -0.15) is 0 Å². The highest BCUT2D eigenvalue weighted by Crippen LogP contribution is 2.26. The first-order valence-electron chi connectivity index (χ1n) is 16.2. The van der Waals surface area contributed by atoms with Crippen molar-refractivity contribution in [2.24, 2.45) is 11.8 Å². The number of benzene rings is 2. The molecular formula is C35H45N5O8. The van der Waals surface area contributed by atoms with Crippen LogP contribution in [0.1, 0.15) is 50.8 Å². The van der Waals surface area contributed by atoms with E-state index in [0.29, 0.717) is 25.1 Å². The van der Waals surface area contributed by atoms with E-state index in [9.17, 15) is 29.1 Å². The number of carbonyl (C=O) groups is 5. The molecule has 0 spiro atoms. The third kappa shape index (κ3) is 9.18. The second-order valence-electron chi connectivity index (χ2n) is 12.6. The summed E-state index contributed by atoms with van der Waals surface area (Å²) in [6.07, 6.45) is 2.72. The minimum Gasteiger partial charge on any atom is -0.467 e. The Bertz CT molecular complexity index is 1570. The van der Waals surface area contributed by atoms with Crippen molar-refractivity contribution >= 4 is 40.4 Å². The number of imidazole rings is 1. The molecule has 13 nitrogen and oxygen atoms in total. The lowest BCUT2D eigenvalue weighted by molar-refractivity contribution is -0.153. The van der Waals surface area contributed by atoms with Gasteiger partial charge in [-0.05, 0) is 47.9 Å². The van der Waals surface area contributed by atoms with Crippen molar-refractivity contribution in [1.29, 1.82) is 0 Å². The molecule has 2 heterocycles. The number of H-pyrrole nitrogens is 1. The van der Waals surface area contributed by atoms with Crippen LogP contribution in [0.15, 0.2) is 55.0 Å². The lowest BCUT2D eigenvalue weighted by Crippen LogP contribution is -2.56. The van der Waals surface area contributed by atoms with Crippen molar-refractivity contribution in [3.05, 3.63) is 66.2 Å². The number of esters is 2. The largest absolute Gasteiger partial charge is 0.467 e. The predicted molar refractivity (Wildman–Crippen MR) is 176 cm³/mol. The Labute approximate surface area is 279 Å². The number of rotatable bonds is 15. The molecule has 13 heteroatoms. The highest BCUT2D eigenvalue weighted by Gasteiger charge is 2.38. The first-order chi connectivity index (χ1) is 23.0. The number of hydrogen-bond donors (Lipinski definition) is 4. The summed E-state index contributed by atoms with van der Waals surface area (Å²) in [5.41, 5.74) is 1.41. The second-order valence-corrected chi connectivity index (χ2v) is 12.6. The Hall–Kier alpha value is -4.78. The molecule has 2 unspecified atom stereocenters. The van der Waals surface area contributed by atoms with Crippen LogP contribution in [0.5, 0.6) is 0 Å². The van der Waals surface area contributed by atoms with Crippen LogP contribution < -0.4 is 10.6 Å². The molecule has 1 aliphatic heterocycles. The normalized spacial score (nSPS) is 17.0. The molecular weight excluding hydrogens is 618 g/mol. The molecule has 3 amide bonds. The first-order valence-corrected chi connectivity index (χ1v) is 16.2. The SMILES string of the molecule is COC(=O)C(O)[C@H](CC(C)C)NC(=O)[C@H](Cc1cnc[nH]1)NC(=O)C(CC(=O)N1CCC[C@H]1C(=O)OC)Cc1cccc2ccccc12. The van der Waals surface area contributed by atoms with E-state index in [0.717, 1.165) is 23.4 Å². The number of aromatic amines is 1. The molecule has 1 aliphatic rings. The Balaban J connectivity index is 1.63. The van der Waals surface area contributed by atoms with E-state index in [1.165, 1.54) is 24.5 Å². The Kier molecular flexibility index (Phi) is 12.7. The maximum atomic E-state index is 14.2. The number of nitrogens with zero attached hydrogens (tertiary/aromatic N) is 2. The van der Waals surface area contributed by atoms with Gasteiger partial charge in [0, 0.05) is 31.3 Å². The number of aromatic nitrogens is 2. The average Bonchev–Trinajstić information content (AvgIpc) is 3.79. The molecule has 3 aromatic rings. The first kappa shape index (κ1) is 36.1. The summed E-state index contributed by atoms with van der Waals surface area (Å²) < 4.78 is 9.63. The van der Waals surface area contributed by atoms with Crippen molar-refractivity contribution < 1.29 is 38.6 Å². The number of nitrogens with one attached hydrogen (secondary N) is 3. The van der Waals surface area contributed by atoms with Crippen molar-refractivity contribution in [1.82, 2.24) is 25.5 Å². The van der Waals surface area contributed by atoms with Crippen LogP contribution in [0.2, 0.25) is 0 Å². The molecule has 48 heavy (non-hydrogen) atoms. The topological polar surface area (TPSA) is 180 Å². The zero-order valence-electron chi connectivity index (χ0n) is 27.8. The van der Waals surface area contributed by atoms with Crippen LogP contribution >= 0.6 is 0 Å². The molecule has 1 fully saturated rings. The van der Waals surface area contributed by atoms with Gasteiger partial charge >= 0.3 is 11.9 Å². The van der Waals surface area contributed by atoms with Gasteiger partial charge in [-0.25, -0.2) is 14.6 Å². The van der Waals surface area contributed by atoms with Gasteiger partial charge in [0.2, 0.25) is 17.7 Å². The Morgan fingerprint density at radius 2 is 1.75 bits per heavy atom. The fraction of sp³-hybridized carbons (Fsp3) is 0.486. The Morgan fingerprint density at radius 1 is 1.00 bits per heavy atom. The highest BCUT2D eigenvalue weighted by atomic mass is 16.5. The lowest BCUT2D eigenvalue weighted by atomic mass is 9.91. The molecule has 5 atom stereocenters. The van der Waals surface area contributed by atoms with Crippen LogP contribution in [-0.4, -0.2) is 94.6 Å². The zero-order valence-corrected chi connectivity index (χ0v) is 27.8. The van der Waals surface area contributed by atoms with E-state index in [-0.39, 0.29) is 37.5 Å². The molecule has 1 aromatic heterocycles. The summed E-state index contributed by atoms with van der Waals surface area (Å²) in [6, 6.07) is 10.6. The van der Waals surface area contributed by atoms with Crippen molar-refractivity contribution in [3.8, 4) is 0 Å². The molecule has 1 saturated heterocycles. The summed E-state index contributed by atoms with van der Waals surface area (Å²) in [4.78, 5) is 74.8. The average molecular weight is 664 g/mol. The van der Waals surface area contributed by atoms with Gasteiger partial charge in [-0.15, -0.1) is 0 Å². The van der Waals surface area contributed by atoms with Crippen LogP contribution in [0.4, 0.5) is 0 Å². The van der Waals surface area contributed by atoms with Crippen molar-refractivity contribution in [2.75, 3.05) is 20.8 Å². The van der Waals surface area contributed by atoms with Crippen LogP contribution in [0, 0.1) is 11.8 Å². The van der Waals surface area contributed by atoms with Gasteiger partial charge in [-0.1, -0.05) is 56.3 Å². The molecule has 4 rings (SSSR count). The predicted octanol–water partition coefficient (Wildman–Crippen LogP) is 2.07. The van der Waals surface area contributed by atoms with E-state index in [1.807, 2.05) is 56.3 Å². The third-order valence-electron chi connectivity index (χ3n) is 8.67. The molecule has 2 aromatic carbocycles. The highest BCUT2D eigenvalue weighted by molar-refractivity contribution is 5.93. The van der Waals surface area contributed by atoms with Gasteiger partial charge in [0.25, 0.3) is 0 Å². The number of aliphatic hydroxyl groups is 1. The van der Waals surface area contributed by atoms with Gasteiger partial charge in [0.1, 0.15) is 12.1 Å². The molecule has 0 radical (unpaired) electrons. The van der Waals surface area contributed by atoms with E-state index >= 15 is 0 Å². The maximum Gasteiger partial charge on any atom is 0.336 e. The monoisotopic (exact) mass is 663 g/mol. The number of ether oxygens (including phenoxy) is 2. The zero-order chi connectivity index (χ0) is 34.8. The standard InChI is InChI=1S/C35H45N5O8/c1-21(2)15-27(31(42)35(46)48-4)38-33(44)28(18-25-19-36-20-37-25)39-32(43)24(16-23-11-7-10-22-9-5-6-12-26(22)23)17-30(41)40-14-8-13-29(40)34(45)47-3/h5-7,9-12,19-21,24,27-29,31,42H,8,13-18H2,1-4H3,(H,36,37)(H,38,44)(H,39,43)/t24?,27-,28-,29-,31?/m0/s1. The van der Waals surface area contributed by atoms with Crippen molar-refractivity contribution in [3.63, 3.8) is 0 Å². The van der Waals surface area contributed by atoms with Crippen LogP contribution in [0.25, 0.3) is 10.8 Å². The van der Waals surface area contributed by atoms with E-state index < -0.39 is 53.9 Å². The Morgan fingerprint density at radius 3 is 2.44 bits per heavy atom. The number of amides is 3. The van der Waals surface area contributed by atoms with Crippen LogP contribution in [-0.2, 0) is 46.3 Å². The molecule has 258 valence electrons. The fourth-order valence-corrected chi connectivity index (χ4v) is 6.23. The summed E-state index contributed by atoms with van der Waals surface area (Å²) in [7, 11) is 2.43. The lowest BCUT2D eigenvalue weighted by Gasteiger charge is -2.28. The smallest absolute Gasteiger partial charge is 0.336 e. The van der Waals surface area contributed by atoms with Gasteiger partial charge < -0.3 is 35.1 Å². The fourth-order valence-electron chi connectivity index (χ4n) is 6.23. The summed E-state index contributed by atoms with van der Waals surface area (Å²) in [5, 5.41) is 18.1. The summed E-state index contributed by atoms with van der Waals surface area (Å²) >= 11 is 0. The minimum absolute atomic E-state index is 0.00532. The number of aliphatic hydroxyl groups excluding tert-OH is 1. The number of carbonyl (C=O) groups excluding carboxylic acids is 5. The number of fused-ring (bicyclic) bond motifs is 1. The van der Waals surface area contributed by atoms with E-state index in [2.05, 4.69) is 20.6 Å². The third-order valence-corrected chi connectivity index (χ3v) is 8.67. The quantitative estimate of drug-likeness (QED) is 0.177. The minimum atomic E-state index is -1.62. The molecule has 4 N–H and O–H groups in total. The van der Waals surface area contributed by atoms with E-state index in [4.69, 9.17) is 9.47 Å². The number of hydrogen-bond acceptors (Lipinski definition) is 9. The molecule has 0 bridgehead atoms. The van der Waals surface area contributed by atoms with E-state index in [1.54, 1.807) is 0 Å². The van der Waals surface area contributed by atoms with Crippen LogP contribution in [0.3, 0.4) is 0 Å². The van der Waals surface area contributed by atoms with Gasteiger partial charge in [-0.3, -0.25) is 14.4 Å². The van der Waals surface area contributed by atoms with Gasteiger partial charge in [0.15, 0.2) is 6.10 Å². The van der Waals surface area contributed by atoms with Gasteiger partial charge in [0.05, 0.1) is 32.5 Å². The summed E-state index contributed by atoms with van der Waals surface area (Å²) in [6.45, 7) is 4.13. The van der Waals surface area contributed by atoms with Crippen molar-refractivity contribution in [2.45, 2.75) is 76.6 Å². The molecule has 0 saturated carbocycles. The maximum absolute atomic E-state index is 14.2. The molecule has 0 aliphatic carbocycles. The summed E-state index contributed by atoms with van der Waals surface area (Å²) in [5.74, 6) is -3.84. The second kappa shape index (κ2) is 16.9.